The van der Waals surface area contributed by atoms with Crippen LogP contribution in [-0.2, 0) is 13.5 Å². The van der Waals surface area contributed by atoms with Gasteiger partial charge in [-0.05, 0) is 10.3 Å². The lowest BCUT2D eigenvalue weighted by Crippen LogP contribution is -2.27. The minimum atomic E-state index is -0.431. The lowest BCUT2D eigenvalue weighted by atomic mass is 10.3. The zero-order chi connectivity index (χ0) is 12.3. The predicted octanol–water partition coefficient (Wildman–Crippen LogP) is -1.25. The second-order valence-electron chi connectivity index (χ2n) is 3.34. The number of nitrogens with two attached hydrogens (primary N) is 1. The van der Waals surface area contributed by atoms with Crippen LogP contribution < -0.4 is 11.1 Å². The van der Waals surface area contributed by atoms with Crippen LogP contribution in [0.2, 0.25) is 0 Å². The van der Waals surface area contributed by atoms with Crippen molar-refractivity contribution in [3.63, 3.8) is 0 Å². The molecule has 0 aliphatic heterocycles. The number of rotatable bonds is 4. The van der Waals surface area contributed by atoms with Crippen molar-refractivity contribution >= 4 is 11.7 Å². The second kappa shape index (κ2) is 4.60. The third-order valence-corrected chi connectivity index (χ3v) is 2.01. The molecule has 0 radical (unpaired) electrons. The maximum Gasteiger partial charge on any atom is 0.277 e. The summed E-state index contributed by atoms with van der Waals surface area (Å²) >= 11 is 0. The number of aryl methyl sites for hydroxylation is 1. The Labute approximate surface area is 96.0 Å². The molecule has 9 heteroatoms. The fourth-order valence-electron chi connectivity index (χ4n) is 1.22. The largest absolute Gasteiger partial charge is 0.379 e. The third kappa shape index (κ3) is 2.56. The van der Waals surface area contributed by atoms with Gasteiger partial charge in [-0.1, -0.05) is 0 Å². The first-order valence-electron chi connectivity index (χ1n) is 4.87. The normalized spacial score (nSPS) is 10.4. The van der Waals surface area contributed by atoms with E-state index >= 15 is 0 Å². The molecule has 0 aliphatic rings. The Bertz CT molecular complexity index is 517. The Morgan fingerprint density at radius 2 is 2.41 bits per heavy atom. The van der Waals surface area contributed by atoms with Gasteiger partial charge in [0, 0.05) is 20.0 Å². The number of nitrogen functional groups attached to an aromatic ring is 1. The van der Waals surface area contributed by atoms with Gasteiger partial charge in [0.05, 0.1) is 0 Å². The highest BCUT2D eigenvalue weighted by Gasteiger charge is 2.15. The number of aromatic nitrogens is 5. The van der Waals surface area contributed by atoms with Crippen LogP contribution in [0.15, 0.2) is 11.0 Å². The molecule has 0 atom stereocenters. The number of hydrogen-bond acceptors (Lipinski definition) is 7. The first-order valence-corrected chi connectivity index (χ1v) is 4.87. The Balaban J connectivity index is 1.83. The number of anilines is 1. The Morgan fingerprint density at radius 1 is 1.59 bits per heavy atom. The lowest BCUT2D eigenvalue weighted by Gasteiger charge is -1.99. The van der Waals surface area contributed by atoms with E-state index in [1.807, 2.05) is 0 Å². The number of amides is 1. The molecule has 2 heterocycles. The summed E-state index contributed by atoms with van der Waals surface area (Å²) in [5.41, 5.74) is 5.36. The van der Waals surface area contributed by atoms with Crippen LogP contribution in [0.1, 0.15) is 16.3 Å². The summed E-state index contributed by atoms with van der Waals surface area (Å²) < 4.78 is 5.91. The summed E-state index contributed by atoms with van der Waals surface area (Å²) in [7, 11) is 1.77. The van der Waals surface area contributed by atoms with E-state index in [1.54, 1.807) is 18.1 Å². The zero-order valence-corrected chi connectivity index (χ0v) is 9.12. The number of nitrogens with zero attached hydrogens (tertiary/aromatic N) is 5. The lowest BCUT2D eigenvalue weighted by molar-refractivity contribution is 0.0944. The monoisotopic (exact) mass is 237 g/mol. The summed E-state index contributed by atoms with van der Waals surface area (Å²) in [6, 6.07) is 0. The highest BCUT2D eigenvalue weighted by Crippen LogP contribution is 2.02. The molecule has 0 fully saturated rings. The molecular formula is C8H11N7O2. The minimum absolute atomic E-state index is 0.0148. The molecule has 0 spiro atoms. The van der Waals surface area contributed by atoms with Crippen molar-refractivity contribution in [3.8, 4) is 0 Å². The van der Waals surface area contributed by atoms with Crippen molar-refractivity contribution in [2.75, 3.05) is 12.3 Å². The van der Waals surface area contributed by atoms with Gasteiger partial charge in [0.15, 0.2) is 5.82 Å². The molecular weight excluding hydrogens is 226 g/mol. The molecule has 1 amide bonds. The molecule has 0 aliphatic carbocycles. The molecule has 0 unspecified atom stereocenters. The van der Waals surface area contributed by atoms with Gasteiger partial charge >= 0.3 is 0 Å². The standard InChI is InChI=1S/C8H11N7O2/c1-15-4-11-5(12-15)2-3-10-8(16)6-7(9)14-17-13-6/h4H,2-3H2,1H3,(H2,9,14)(H,10,16). The van der Waals surface area contributed by atoms with E-state index in [9.17, 15) is 4.79 Å². The van der Waals surface area contributed by atoms with E-state index in [0.717, 1.165) is 0 Å². The van der Waals surface area contributed by atoms with Gasteiger partial charge in [-0.2, -0.15) is 5.10 Å². The molecule has 2 rings (SSSR count). The predicted molar refractivity (Wildman–Crippen MR) is 55.8 cm³/mol. The average molecular weight is 237 g/mol. The molecule has 17 heavy (non-hydrogen) atoms. The van der Waals surface area contributed by atoms with Crippen LogP contribution in [0.3, 0.4) is 0 Å². The molecule has 0 saturated heterocycles. The summed E-state index contributed by atoms with van der Waals surface area (Å²) in [4.78, 5) is 15.5. The van der Waals surface area contributed by atoms with Gasteiger partial charge in [0.1, 0.15) is 6.33 Å². The van der Waals surface area contributed by atoms with E-state index in [0.29, 0.717) is 18.8 Å². The Hall–Kier alpha value is -2.45. The summed E-state index contributed by atoms with van der Waals surface area (Å²) in [5.74, 6) is 0.192. The maximum absolute atomic E-state index is 11.5. The Morgan fingerprint density at radius 3 is 3.00 bits per heavy atom. The number of hydrogen-bond donors (Lipinski definition) is 2. The van der Waals surface area contributed by atoms with Crippen molar-refractivity contribution in [2.45, 2.75) is 6.42 Å². The van der Waals surface area contributed by atoms with Crippen LogP contribution in [0.25, 0.3) is 0 Å². The summed E-state index contributed by atoms with van der Waals surface area (Å²) in [5, 5.41) is 13.4. The van der Waals surface area contributed by atoms with Crippen molar-refractivity contribution in [3.05, 3.63) is 17.8 Å². The molecule has 2 aromatic rings. The van der Waals surface area contributed by atoms with Crippen molar-refractivity contribution in [2.24, 2.45) is 7.05 Å². The fraction of sp³-hybridized carbons (Fsp3) is 0.375. The fourth-order valence-corrected chi connectivity index (χ4v) is 1.22. The van der Waals surface area contributed by atoms with Crippen LogP contribution in [-0.4, -0.2) is 37.5 Å². The van der Waals surface area contributed by atoms with E-state index in [4.69, 9.17) is 5.73 Å². The second-order valence-corrected chi connectivity index (χ2v) is 3.34. The van der Waals surface area contributed by atoms with E-state index in [-0.39, 0.29) is 11.5 Å². The average Bonchev–Trinajstić information content (AvgIpc) is 2.87. The van der Waals surface area contributed by atoms with Gasteiger partial charge < -0.3 is 11.1 Å². The molecule has 3 N–H and O–H groups in total. The van der Waals surface area contributed by atoms with E-state index < -0.39 is 5.91 Å². The topological polar surface area (TPSA) is 125 Å². The van der Waals surface area contributed by atoms with Crippen molar-refractivity contribution < 1.29 is 9.42 Å². The molecule has 0 saturated carbocycles. The van der Waals surface area contributed by atoms with Crippen molar-refractivity contribution in [1.82, 2.24) is 30.4 Å². The van der Waals surface area contributed by atoms with Crippen LogP contribution >= 0.6 is 0 Å². The van der Waals surface area contributed by atoms with Gasteiger partial charge in [-0.3, -0.25) is 9.48 Å². The van der Waals surface area contributed by atoms with Gasteiger partial charge in [-0.15, -0.1) is 0 Å². The molecule has 90 valence electrons. The third-order valence-electron chi connectivity index (χ3n) is 2.01. The number of carbonyl (C=O) groups excluding carboxylic acids is 1. The van der Waals surface area contributed by atoms with Gasteiger partial charge in [0.25, 0.3) is 5.91 Å². The van der Waals surface area contributed by atoms with Crippen LogP contribution in [0.4, 0.5) is 5.82 Å². The quantitative estimate of drug-likeness (QED) is 0.680. The Kier molecular flexibility index (Phi) is 2.99. The number of carbonyl (C=O) groups is 1. The van der Waals surface area contributed by atoms with E-state index in [1.165, 1.54) is 0 Å². The van der Waals surface area contributed by atoms with Gasteiger partial charge in [0.2, 0.25) is 11.5 Å². The minimum Gasteiger partial charge on any atom is -0.379 e. The highest BCUT2D eigenvalue weighted by atomic mass is 16.6. The smallest absolute Gasteiger partial charge is 0.277 e. The SMILES string of the molecule is Cn1cnc(CCNC(=O)c2nonc2N)n1. The molecule has 2 aromatic heterocycles. The van der Waals surface area contributed by atoms with Crippen LogP contribution in [0, 0.1) is 0 Å². The highest BCUT2D eigenvalue weighted by molar-refractivity contribution is 5.95. The first kappa shape index (κ1) is 11.0. The van der Waals surface area contributed by atoms with Gasteiger partial charge in [-0.25, -0.2) is 9.61 Å². The van der Waals surface area contributed by atoms with E-state index in [2.05, 4.69) is 30.3 Å². The molecule has 0 bridgehead atoms. The maximum atomic E-state index is 11.5. The molecule has 9 nitrogen and oxygen atoms in total. The zero-order valence-electron chi connectivity index (χ0n) is 9.12. The molecule has 0 aromatic carbocycles. The number of nitrogens with one attached hydrogen (secondary N) is 1. The summed E-state index contributed by atoms with van der Waals surface area (Å²) in [6.45, 7) is 0.384. The van der Waals surface area contributed by atoms with Crippen LogP contribution in [0.5, 0.6) is 0 Å². The van der Waals surface area contributed by atoms with Crippen molar-refractivity contribution in [1.29, 1.82) is 0 Å². The first-order chi connectivity index (χ1) is 8.16. The summed E-state index contributed by atoms with van der Waals surface area (Å²) in [6.07, 6.45) is 2.12.